The van der Waals surface area contributed by atoms with Crippen LogP contribution in [0.3, 0.4) is 0 Å². The third kappa shape index (κ3) is 2.84. The number of rotatable bonds is 3. The molecule has 3 atom stereocenters. The molecule has 0 spiro atoms. The molecule has 1 heterocycles. The zero-order valence-corrected chi connectivity index (χ0v) is 9.93. The van der Waals surface area contributed by atoms with Crippen LogP contribution < -0.4 is 11.1 Å². The second kappa shape index (κ2) is 5.29. The van der Waals surface area contributed by atoms with Gasteiger partial charge < -0.3 is 15.8 Å². The van der Waals surface area contributed by atoms with Crippen molar-refractivity contribution in [2.45, 2.75) is 19.0 Å². The van der Waals surface area contributed by atoms with Gasteiger partial charge in [-0.25, -0.2) is 0 Å². The number of nitrogens with one attached hydrogen (secondary N) is 1. The van der Waals surface area contributed by atoms with Crippen molar-refractivity contribution in [1.82, 2.24) is 5.32 Å². The lowest BCUT2D eigenvalue weighted by Crippen LogP contribution is -2.41. The first-order valence-corrected chi connectivity index (χ1v) is 5.87. The van der Waals surface area contributed by atoms with Gasteiger partial charge in [0.05, 0.1) is 25.2 Å². The summed E-state index contributed by atoms with van der Waals surface area (Å²) in [6.45, 7) is 2.86. The molecule has 17 heavy (non-hydrogen) atoms. The molecule has 1 saturated heterocycles. The number of amides is 1. The largest absolute Gasteiger partial charge is 0.379 e. The van der Waals surface area contributed by atoms with E-state index in [9.17, 15) is 4.79 Å². The molecule has 1 aliphatic heterocycles. The number of nitrogens with two attached hydrogens (primary N) is 1. The molecule has 0 radical (unpaired) electrons. The van der Waals surface area contributed by atoms with E-state index in [1.54, 1.807) is 0 Å². The molecular weight excluding hydrogens is 216 g/mol. The molecule has 92 valence electrons. The fourth-order valence-electron chi connectivity index (χ4n) is 1.99. The average molecular weight is 234 g/mol. The van der Waals surface area contributed by atoms with Gasteiger partial charge in [-0.15, -0.1) is 0 Å². The Bertz CT molecular complexity index is 380. The molecule has 0 aliphatic carbocycles. The third-order valence-corrected chi connectivity index (χ3v) is 3.12. The van der Waals surface area contributed by atoms with Crippen molar-refractivity contribution in [3.8, 4) is 0 Å². The van der Waals surface area contributed by atoms with E-state index in [1.165, 1.54) is 0 Å². The van der Waals surface area contributed by atoms with Gasteiger partial charge in [0.15, 0.2) is 0 Å². The van der Waals surface area contributed by atoms with Crippen LogP contribution in [0.4, 0.5) is 0 Å². The van der Waals surface area contributed by atoms with Gasteiger partial charge in [-0.1, -0.05) is 30.3 Å². The van der Waals surface area contributed by atoms with Crippen LogP contribution in [0.1, 0.15) is 18.5 Å². The maximum atomic E-state index is 12.0. The zero-order valence-electron chi connectivity index (χ0n) is 9.93. The number of hydrogen-bond donors (Lipinski definition) is 2. The Balaban J connectivity index is 1.95. The van der Waals surface area contributed by atoms with Crippen molar-refractivity contribution in [3.05, 3.63) is 35.9 Å². The Morgan fingerprint density at radius 2 is 2.12 bits per heavy atom. The number of hydrogen-bond acceptors (Lipinski definition) is 3. The first-order chi connectivity index (χ1) is 8.18. The van der Waals surface area contributed by atoms with Crippen molar-refractivity contribution >= 4 is 5.91 Å². The predicted octanol–water partition coefficient (Wildman–Crippen LogP) is 0.838. The standard InChI is InChI=1S/C13H18N2O2/c1-9(10-5-3-2-4-6-10)15-13(16)11-7-17-8-12(11)14/h2-6,9,11-12H,7-8,14H2,1H3,(H,15,16)/t9-,11?,12?/m1/s1. The van der Waals surface area contributed by atoms with Crippen LogP contribution in [-0.2, 0) is 9.53 Å². The number of carbonyl (C=O) groups excluding carboxylic acids is 1. The Kier molecular flexibility index (Phi) is 3.76. The molecule has 4 heteroatoms. The van der Waals surface area contributed by atoms with Crippen LogP contribution in [0, 0.1) is 5.92 Å². The first kappa shape index (κ1) is 12.1. The smallest absolute Gasteiger partial charge is 0.227 e. The summed E-state index contributed by atoms with van der Waals surface area (Å²) >= 11 is 0. The monoisotopic (exact) mass is 234 g/mol. The van der Waals surface area contributed by atoms with E-state index in [0.717, 1.165) is 5.56 Å². The molecule has 3 N–H and O–H groups in total. The summed E-state index contributed by atoms with van der Waals surface area (Å²) in [5.41, 5.74) is 6.90. The first-order valence-electron chi connectivity index (χ1n) is 5.87. The van der Waals surface area contributed by atoms with Gasteiger partial charge in [-0.3, -0.25) is 4.79 Å². The van der Waals surface area contributed by atoms with Crippen LogP contribution >= 0.6 is 0 Å². The minimum atomic E-state index is -0.221. The van der Waals surface area contributed by atoms with Crippen molar-refractivity contribution in [2.24, 2.45) is 11.7 Å². The predicted molar refractivity (Wildman–Crippen MR) is 65.3 cm³/mol. The lowest BCUT2D eigenvalue weighted by atomic mass is 10.0. The molecular formula is C13H18N2O2. The summed E-state index contributed by atoms with van der Waals surface area (Å²) in [6.07, 6.45) is 0. The van der Waals surface area contributed by atoms with E-state index in [1.807, 2.05) is 37.3 Å². The van der Waals surface area contributed by atoms with Gasteiger partial charge in [0.2, 0.25) is 5.91 Å². The second-order valence-electron chi connectivity index (χ2n) is 4.45. The summed E-state index contributed by atoms with van der Waals surface area (Å²) in [7, 11) is 0. The average Bonchev–Trinajstić information content (AvgIpc) is 2.76. The molecule has 0 bridgehead atoms. The molecule has 1 aliphatic rings. The van der Waals surface area contributed by atoms with E-state index in [2.05, 4.69) is 5.32 Å². The normalized spacial score (nSPS) is 25.5. The van der Waals surface area contributed by atoms with E-state index >= 15 is 0 Å². The Morgan fingerprint density at radius 3 is 2.71 bits per heavy atom. The molecule has 4 nitrogen and oxygen atoms in total. The number of ether oxygens (including phenoxy) is 1. The van der Waals surface area contributed by atoms with Crippen molar-refractivity contribution in [3.63, 3.8) is 0 Å². The molecule has 1 amide bonds. The van der Waals surface area contributed by atoms with Crippen molar-refractivity contribution in [2.75, 3.05) is 13.2 Å². The molecule has 0 aromatic heterocycles. The highest BCUT2D eigenvalue weighted by molar-refractivity contribution is 5.80. The minimum Gasteiger partial charge on any atom is -0.379 e. The molecule has 2 unspecified atom stereocenters. The van der Waals surface area contributed by atoms with Crippen molar-refractivity contribution < 1.29 is 9.53 Å². The summed E-state index contributed by atoms with van der Waals surface area (Å²) in [6, 6.07) is 9.68. The topological polar surface area (TPSA) is 64.3 Å². The highest BCUT2D eigenvalue weighted by Crippen LogP contribution is 2.16. The van der Waals surface area contributed by atoms with Crippen LogP contribution in [0.2, 0.25) is 0 Å². The van der Waals surface area contributed by atoms with Crippen LogP contribution in [0.25, 0.3) is 0 Å². The fraction of sp³-hybridized carbons (Fsp3) is 0.462. The van der Waals surface area contributed by atoms with E-state index < -0.39 is 0 Å². The van der Waals surface area contributed by atoms with Crippen LogP contribution in [0.5, 0.6) is 0 Å². The lowest BCUT2D eigenvalue weighted by molar-refractivity contribution is -0.125. The van der Waals surface area contributed by atoms with E-state index in [4.69, 9.17) is 10.5 Å². The quantitative estimate of drug-likeness (QED) is 0.814. The van der Waals surface area contributed by atoms with Gasteiger partial charge in [-0.05, 0) is 12.5 Å². The maximum Gasteiger partial charge on any atom is 0.227 e. The van der Waals surface area contributed by atoms with Gasteiger partial charge in [-0.2, -0.15) is 0 Å². The summed E-state index contributed by atoms with van der Waals surface area (Å²) in [5, 5.41) is 2.97. The molecule has 1 aromatic carbocycles. The van der Waals surface area contributed by atoms with Crippen LogP contribution in [-0.4, -0.2) is 25.2 Å². The lowest BCUT2D eigenvalue weighted by Gasteiger charge is -2.18. The molecule has 0 saturated carbocycles. The van der Waals surface area contributed by atoms with E-state index in [0.29, 0.717) is 13.2 Å². The van der Waals surface area contributed by atoms with E-state index in [-0.39, 0.29) is 23.9 Å². The van der Waals surface area contributed by atoms with Gasteiger partial charge in [0.25, 0.3) is 0 Å². The second-order valence-corrected chi connectivity index (χ2v) is 4.45. The Morgan fingerprint density at radius 1 is 1.41 bits per heavy atom. The molecule has 1 fully saturated rings. The van der Waals surface area contributed by atoms with Crippen LogP contribution in [0.15, 0.2) is 30.3 Å². The summed E-state index contributed by atoms with van der Waals surface area (Å²) < 4.78 is 5.19. The highest BCUT2D eigenvalue weighted by Gasteiger charge is 2.31. The summed E-state index contributed by atoms with van der Waals surface area (Å²) in [4.78, 5) is 12.0. The maximum absolute atomic E-state index is 12.0. The Hall–Kier alpha value is -1.39. The number of carbonyl (C=O) groups is 1. The fourth-order valence-corrected chi connectivity index (χ4v) is 1.99. The SMILES string of the molecule is C[C@@H](NC(=O)C1COCC1N)c1ccccc1. The third-order valence-electron chi connectivity index (χ3n) is 3.12. The van der Waals surface area contributed by atoms with Gasteiger partial charge in [0.1, 0.15) is 0 Å². The van der Waals surface area contributed by atoms with Gasteiger partial charge >= 0.3 is 0 Å². The summed E-state index contributed by atoms with van der Waals surface area (Å²) in [5.74, 6) is -0.243. The molecule has 1 aromatic rings. The molecule has 2 rings (SSSR count). The minimum absolute atomic E-state index is 0.00324. The van der Waals surface area contributed by atoms with Gasteiger partial charge in [0, 0.05) is 6.04 Å². The Labute approximate surface area is 101 Å². The van der Waals surface area contributed by atoms with Crippen molar-refractivity contribution in [1.29, 1.82) is 0 Å². The highest BCUT2D eigenvalue weighted by atomic mass is 16.5. The number of benzene rings is 1. The zero-order chi connectivity index (χ0) is 12.3.